The zero-order chi connectivity index (χ0) is 34.6. The Labute approximate surface area is 270 Å². The number of nitrogens with one attached hydrogen (secondary N) is 1. The number of carbonyl (C=O) groups excluding carboxylic acids is 1. The van der Waals surface area contributed by atoms with Crippen molar-refractivity contribution in [2.45, 2.75) is 136 Å². The first-order chi connectivity index (χ1) is 22.3. The summed E-state index contributed by atoms with van der Waals surface area (Å²) in [5, 5.41) is 65.5. The fourth-order valence-electron chi connectivity index (χ4n) is 6.27. The quantitative estimate of drug-likeness (QED) is 0.0856. The molecule has 274 valence electrons. The van der Waals surface area contributed by atoms with Crippen LogP contribution in [0.5, 0.6) is 0 Å². The van der Waals surface area contributed by atoms with E-state index in [0.29, 0.717) is 12.8 Å². The Bertz CT molecular complexity index is 999. The van der Waals surface area contributed by atoms with Gasteiger partial charge < -0.3 is 93.0 Å². The Morgan fingerprint density at radius 2 is 1.53 bits per heavy atom. The molecular formula is C27H51FN6O13. The molecule has 19 nitrogen and oxygen atoms in total. The van der Waals surface area contributed by atoms with E-state index in [1.54, 1.807) is 0 Å². The van der Waals surface area contributed by atoms with Crippen molar-refractivity contribution in [2.75, 3.05) is 26.2 Å². The number of nitrogens with two attached hydrogens (primary N) is 5. The summed E-state index contributed by atoms with van der Waals surface area (Å²) in [4.78, 5) is 12.6. The normalized spacial score (nSPS) is 45.8. The van der Waals surface area contributed by atoms with Gasteiger partial charge in [-0.05, 0) is 19.3 Å². The first-order valence-corrected chi connectivity index (χ1v) is 15.8. The lowest BCUT2D eigenvalue weighted by Gasteiger charge is -2.46. The summed E-state index contributed by atoms with van der Waals surface area (Å²) in [6, 6.07) is -2.78. The molecule has 20 heteroatoms. The van der Waals surface area contributed by atoms with Gasteiger partial charge in [-0.3, -0.25) is 4.79 Å². The van der Waals surface area contributed by atoms with Crippen LogP contribution in [-0.2, 0) is 33.2 Å². The maximum absolute atomic E-state index is 14.0. The lowest BCUT2D eigenvalue weighted by Crippen LogP contribution is -2.67. The van der Waals surface area contributed by atoms with Crippen LogP contribution in [0, 0.1) is 0 Å². The Hall–Kier alpha value is -1.28. The summed E-state index contributed by atoms with van der Waals surface area (Å²) < 4.78 is 49.3. The molecule has 0 aromatic carbocycles. The maximum Gasteiger partial charge on any atom is 0.252 e. The number of hydrogen-bond acceptors (Lipinski definition) is 18. The molecule has 4 fully saturated rings. The van der Waals surface area contributed by atoms with Crippen LogP contribution in [0.1, 0.15) is 25.7 Å². The summed E-state index contributed by atoms with van der Waals surface area (Å²) in [6.07, 6.45) is -19.4. The van der Waals surface area contributed by atoms with Crippen molar-refractivity contribution in [3.63, 3.8) is 0 Å². The van der Waals surface area contributed by atoms with Crippen LogP contribution in [0.2, 0.25) is 0 Å². The monoisotopic (exact) mass is 686 g/mol. The van der Waals surface area contributed by atoms with Gasteiger partial charge in [0.1, 0.15) is 55.0 Å². The smallest absolute Gasteiger partial charge is 0.252 e. The minimum absolute atomic E-state index is 0.124. The Kier molecular flexibility index (Phi) is 14.0. The molecular weight excluding hydrogens is 635 g/mol. The molecule has 0 bridgehead atoms. The number of amides is 1. The predicted molar refractivity (Wildman–Crippen MR) is 156 cm³/mol. The third kappa shape index (κ3) is 8.91. The Balaban J connectivity index is 1.54. The van der Waals surface area contributed by atoms with E-state index in [4.69, 9.17) is 57.1 Å². The summed E-state index contributed by atoms with van der Waals surface area (Å²) in [5.74, 6) is -1.15. The highest BCUT2D eigenvalue weighted by molar-refractivity contribution is 5.81. The SMILES string of the molecule is NC[C@@H]1CC[C@@H](N)[C@@H](O[C@H]2[C@H](O[C@@H]3O[C@H](CO)[C@@H](O[C@@H]4C[C@@H](O)[C@H](O)[C@H](CN)O4)[C@H]3O)[C@@H](O)[C@H](NC(=O)[C@@H](O)[C@H](F)CN)C[C@@H]2N)O1. The van der Waals surface area contributed by atoms with Gasteiger partial charge in [0.05, 0.1) is 30.9 Å². The lowest BCUT2D eigenvalue weighted by atomic mass is 9.83. The molecule has 3 heterocycles. The molecule has 0 spiro atoms. The molecule has 0 radical (unpaired) electrons. The Morgan fingerprint density at radius 3 is 2.17 bits per heavy atom. The van der Waals surface area contributed by atoms with E-state index in [0.717, 1.165) is 0 Å². The van der Waals surface area contributed by atoms with Crippen molar-refractivity contribution in [1.82, 2.24) is 5.32 Å². The topological polar surface area (TPSA) is 336 Å². The van der Waals surface area contributed by atoms with Crippen molar-refractivity contribution in [2.24, 2.45) is 28.7 Å². The molecule has 1 aliphatic carbocycles. The van der Waals surface area contributed by atoms with E-state index in [1.165, 1.54) is 0 Å². The molecule has 0 aromatic rings. The van der Waals surface area contributed by atoms with E-state index in [9.17, 15) is 39.8 Å². The van der Waals surface area contributed by atoms with Gasteiger partial charge in [0.2, 0.25) is 0 Å². The van der Waals surface area contributed by atoms with Gasteiger partial charge in [-0.1, -0.05) is 0 Å². The number of aliphatic hydroxyl groups excluding tert-OH is 6. The molecule has 0 aromatic heterocycles. The number of ether oxygens (including phenoxy) is 6. The van der Waals surface area contributed by atoms with Gasteiger partial charge >= 0.3 is 0 Å². The highest BCUT2D eigenvalue weighted by atomic mass is 19.1. The van der Waals surface area contributed by atoms with Crippen LogP contribution in [0.15, 0.2) is 0 Å². The van der Waals surface area contributed by atoms with Crippen molar-refractivity contribution < 1.29 is 68.2 Å². The second-order valence-corrected chi connectivity index (χ2v) is 12.5. The minimum atomic E-state index is -2.12. The van der Waals surface area contributed by atoms with Crippen LogP contribution >= 0.6 is 0 Å². The van der Waals surface area contributed by atoms with Crippen LogP contribution in [0.25, 0.3) is 0 Å². The molecule has 47 heavy (non-hydrogen) atoms. The second-order valence-electron chi connectivity index (χ2n) is 12.5. The van der Waals surface area contributed by atoms with E-state index >= 15 is 0 Å². The van der Waals surface area contributed by atoms with Gasteiger partial charge in [0.15, 0.2) is 25.0 Å². The van der Waals surface area contributed by atoms with Crippen LogP contribution in [0.4, 0.5) is 4.39 Å². The molecule has 1 saturated carbocycles. The first kappa shape index (κ1) is 38.5. The number of hydrogen-bond donors (Lipinski definition) is 12. The lowest BCUT2D eigenvalue weighted by molar-refractivity contribution is -0.289. The van der Waals surface area contributed by atoms with E-state index in [1.807, 2.05) is 0 Å². The summed E-state index contributed by atoms with van der Waals surface area (Å²) in [5.41, 5.74) is 29.3. The maximum atomic E-state index is 14.0. The average molecular weight is 687 g/mol. The number of rotatable bonds is 13. The molecule has 17 N–H and O–H groups in total. The predicted octanol–water partition coefficient (Wildman–Crippen LogP) is -6.96. The van der Waals surface area contributed by atoms with Gasteiger partial charge in [0, 0.05) is 32.1 Å². The summed E-state index contributed by atoms with van der Waals surface area (Å²) in [7, 11) is 0. The molecule has 3 aliphatic heterocycles. The van der Waals surface area contributed by atoms with Crippen LogP contribution in [-0.4, -0.2) is 173 Å². The third-order valence-electron chi connectivity index (χ3n) is 9.08. The zero-order valence-corrected chi connectivity index (χ0v) is 25.9. The molecule has 4 rings (SSSR count). The van der Waals surface area contributed by atoms with E-state index < -0.39 is 123 Å². The minimum Gasteiger partial charge on any atom is -0.394 e. The van der Waals surface area contributed by atoms with Crippen molar-refractivity contribution in [3.8, 4) is 0 Å². The van der Waals surface area contributed by atoms with Crippen molar-refractivity contribution in [3.05, 3.63) is 0 Å². The molecule has 1 amide bonds. The molecule has 3 saturated heterocycles. The fraction of sp³-hybridized carbons (Fsp3) is 0.963. The van der Waals surface area contributed by atoms with Gasteiger partial charge in [-0.15, -0.1) is 0 Å². The third-order valence-corrected chi connectivity index (χ3v) is 9.08. The fourth-order valence-corrected chi connectivity index (χ4v) is 6.27. The number of alkyl halides is 1. The van der Waals surface area contributed by atoms with Crippen molar-refractivity contribution in [1.29, 1.82) is 0 Å². The summed E-state index contributed by atoms with van der Waals surface area (Å²) in [6.45, 7) is -1.22. The molecule has 18 atom stereocenters. The average Bonchev–Trinajstić information content (AvgIpc) is 3.35. The number of carbonyl (C=O) groups is 1. The standard InChI is InChI=1S/C27H51FN6O13/c28-10(6-30)18(37)25(41)34-13-3-12(33)22(46-26-11(32)2-1-9(5-29)42-26)24(19(13)38)47-27-21(40)23(16(8-35)44-27)45-17-4-14(36)20(39)15(7-31)43-17/h9-24,26-27,35-40H,1-8,29-33H2,(H,34,41)/t9-,10+,11+,12-,13+,14+,15-,16+,17+,18-,19-,20-,21+,22+,23+,24+,26+,27-/m0/s1. The second kappa shape index (κ2) is 17.1. The van der Waals surface area contributed by atoms with Gasteiger partial charge in [0.25, 0.3) is 5.91 Å². The molecule has 4 aliphatic rings. The van der Waals surface area contributed by atoms with E-state index in [2.05, 4.69) is 5.32 Å². The Morgan fingerprint density at radius 1 is 0.830 bits per heavy atom. The number of aliphatic hydroxyl groups is 6. The first-order valence-electron chi connectivity index (χ1n) is 15.8. The molecule has 0 unspecified atom stereocenters. The van der Waals surface area contributed by atoms with Crippen LogP contribution in [0.3, 0.4) is 0 Å². The van der Waals surface area contributed by atoms with Gasteiger partial charge in [-0.2, -0.15) is 0 Å². The number of halogens is 1. The largest absolute Gasteiger partial charge is 0.394 e. The summed E-state index contributed by atoms with van der Waals surface area (Å²) >= 11 is 0. The van der Waals surface area contributed by atoms with Crippen molar-refractivity contribution >= 4 is 5.91 Å². The highest BCUT2D eigenvalue weighted by Gasteiger charge is 2.53. The van der Waals surface area contributed by atoms with E-state index in [-0.39, 0.29) is 32.0 Å². The zero-order valence-electron chi connectivity index (χ0n) is 25.9. The highest BCUT2D eigenvalue weighted by Crippen LogP contribution is 2.34. The van der Waals surface area contributed by atoms with Crippen LogP contribution < -0.4 is 34.0 Å². The van der Waals surface area contributed by atoms with Gasteiger partial charge in [-0.25, -0.2) is 4.39 Å².